The van der Waals surface area contributed by atoms with Crippen LogP contribution in [-0.2, 0) is 4.79 Å². The number of hydrogen-bond donors (Lipinski definition) is 0. The number of hydrogen-bond acceptors (Lipinski definition) is 2. The number of rotatable bonds is 3. The van der Waals surface area contributed by atoms with Crippen LogP contribution < -0.4 is 0 Å². The topological polar surface area (TPSA) is 20.3 Å². The molecular formula is C9H16ClN2OS+. The molecule has 0 radical (unpaired) electrons. The van der Waals surface area contributed by atoms with E-state index in [9.17, 15) is 4.79 Å². The highest BCUT2D eigenvalue weighted by molar-refractivity contribution is 7.80. The van der Waals surface area contributed by atoms with Gasteiger partial charge in [0.1, 0.15) is 0 Å². The average Bonchev–Trinajstić information content (AvgIpc) is 2.31. The van der Waals surface area contributed by atoms with Crippen LogP contribution >= 0.6 is 24.0 Å². The zero-order chi connectivity index (χ0) is 10.9. The maximum absolute atomic E-state index is 11.7. The van der Waals surface area contributed by atoms with Crippen molar-refractivity contribution in [2.24, 2.45) is 5.92 Å². The predicted octanol–water partition coefficient (Wildman–Crippen LogP) is 1.76. The molecule has 0 spiro atoms. The van der Waals surface area contributed by atoms with Crippen LogP contribution in [0, 0.1) is 5.92 Å². The maximum Gasteiger partial charge on any atom is 0.341 e. The Morgan fingerprint density at radius 3 is 2.64 bits per heavy atom. The lowest BCUT2D eigenvalue weighted by Gasteiger charge is -2.27. The van der Waals surface area contributed by atoms with Crippen LogP contribution in [0.15, 0.2) is 0 Å². The van der Waals surface area contributed by atoms with Crippen LogP contribution in [0.1, 0.15) is 20.3 Å². The molecule has 0 aliphatic carbocycles. The van der Waals surface area contributed by atoms with Crippen LogP contribution in [-0.4, -0.2) is 40.1 Å². The Balaban J connectivity index is 2.82. The van der Waals surface area contributed by atoms with Crippen LogP contribution in [0.2, 0.25) is 0 Å². The fourth-order valence-corrected chi connectivity index (χ4v) is 2.13. The van der Waals surface area contributed by atoms with Crippen molar-refractivity contribution in [3.63, 3.8) is 0 Å². The summed E-state index contributed by atoms with van der Waals surface area (Å²) in [5.41, 5.74) is 0. The highest BCUT2D eigenvalue weighted by atomic mass is 35.5. The van der Waals surface area contributed by atoms with Crippen molar-refractivity contribution in [3.05, 3.63) is 0 Å². The Morgan fingerprint density at radius 1 is 1.71 bits per heavy atom. The van der Waals surface area contributed by atoms with Crippen molar-refractivity contribution < 1.29 is 9.28 Å². The molecule has 0 aromatic heterocycles. The van der Waals surface area contributed by atoms with E-state index in [0.29, 0.717) is 11.0 Å². The average molecular weight is 236 g/mol. The predicted molar refractivity (Wildman–Crippen MR) is 60.7 cm³/mol. The number of amides is 1. The maximum atomic E-state index is 11.7. The molecule has 3 nitrogen and oxygen atoms in total. The second kappa shape index (κ2) is 4.13. The molecule has 80 valence electrons. The fraction of sp³-hybridized carbons (Fsp3) is 0.778. The van der Waals surface area contributed by atoms with Crippen LogP contribution in [0.25, 0.3) is 0 Å². The molecule has 1 fully saturated rings. The quantitative estimate of drug-likeness (QED) is 0.423. The zero-order valence-corrected chi connectivity index (χ0v) is 10.4. The summed E-state index contributed by atoms with van der Waals surface area (Å²) in [6, 6.07) is 0. The van der Waals surface area contributed by atoms with E-state index in [1.807, 2.05) is 7.05 Å². The van der Waals surface area contributed by atoms with Crippen molar-refractivity contribution in [2.75, 3.05) is 20.1 Å². The highest BCUT2D eigenvalue weighted by Crippen LogP contribution is 2.23. The Labute approximate surface area is 95.3 Å². The molecule has 1 amide bonds. The second-order valence-corrected chi connectivity index (χ2v) is 4.86. The van der Waals surface area contributed by atoms with Gasteiger partial charge < -0.3 is 0 Å². The van der Waals surface area contributed by atoms with Gasteiger partial charge in [0.05, 0.1) is 13.6 Å². The lowest BCUT2D eigenvalue weighted by molar-refractivity contribution is -0.740. The van der Waals surface area contributed by atoms with E-state index < -0.39 is 0 Å². The Bertz CT molecular complexity index is 272. The molecule has 0 aromatic rings. The first-order valence-corrected chi connectivity index (χ1v) is 5.53. The first-order chi connectivity index (χ1) is 6.41. The number of carbonyl (C=O) groups is 1. The fourth-order valence-electron chi connectivity index (χ4n) is 1.62. The van der Waals surface area contributed by atoms with Gasteiger partial charge in [-0.2, -0.15) is 0 Å². The highest BCUT2D eigenvalue weighted by Gasteiger charge is 2.48. The van der Waals surface area contributed by atoms with Crippen LogP contribution in [0.3, 0.4) is 0 Å². The van der Waals surface area contributed by atoms with E-state index in [1.54, 1.807) is 0 Å². The summed E-state index contributed by atoms with van der Waals surface area (Å²) in [6.07, 6.45) is 1.05. The Morgan fingerprint density at radius 2 is 2.29 bits per heavy atom. The van der Waals surface area contributed by atoms with Gasteiger partial charge in [-0.05, 0) is 6.42 Å². The van der Waals surface area contributed by atoms with Gasteiger partial charge in [-0.1, -0.05) is 13.8 Å². The van der Waals surface area contributed by atoms with E-state index in [0.717, 1.165) is 13.0 Å². The third-order valence-corrected chi connectivity index (χ3v) is 3.83. The van der Waals surface area contributed by atoms with Gasteiger partial charge in [-0.3, -0.25) is 0 Å². The summed E-state index contributed by atoms with van der Waals surface area (Å²) >= 11 is 11.0. The molecule has 14 heavy (non-hydrogen) atoms. The molecule has 2 atom stereocenters. The largest absolute Gasteiger partial charge is 0.341 e. The summed E-state index contributed by atoms with van der Waals surface area (Å²) in [4.78, 5) is 11.7. The van der Waals surface area contributed by atoms with Gasteiger partial charge in [-0.15, -0.1) is 0 Å². The third-order valence-electron chi connectivity index (χ3n) is 2.83. The van der Waals surface area contributed by atoms with E-state index >= 15 is 0 Å². The molecule has 1 aliphatic heterocycles. The Kier molecular flexibility index (Phi) is 3.50. The van der Waals surface area contributed by atoms with Crippen LogP contribution in [0.5, 0.6) is 0 Å². The molecule has 1 aliphatic rings. The minimum Gasteiger partial charge on any atom is -0.228 e. The standard InChI is InChI=1S/C9H16ClN2OS/c1-4-7(2)6-12(3)8(13)5-11(10)9(12)14/h7H,4-6H2,1-3H3/q+1. The number of thiocarbonyl (C=S) groups is 1. The second-order valence-electron chi connectivity index (χ2n) is 4.08. The lowest BCUT2D eigenvalue weighted by atomic mass is 10.1. The number of quaternary nitrogens is 1. The number of halogens is 1. The molecule has 0 N–H and O–H groups in total. The van der Waals surface area contributed by atoms with E-state index in [1.165, 1.54) is 4.42 Å². The molecule has 1 saturated heterocycles. The Hall–Kier alpha value is -0.190. The van der Waals surface area contributed by atoms with E-state index in [2.05, 4.69) is 13.8 Å². The molecule has 1 heterocycles. The molecule has 0 bridgehead atoms. The normalized spacial score (nSPS) is 29.9. The monoisotopic (exact) mass is 235 g/mol. The van der Waals surface area contributed by atoms with E-state index in [4.69, 9.17) is 24.0 Å². The van der Waals surface area contributed by atoms with Crippen LogP contribution in [0.4, 0.5) is 0 Å². The van der Waals surface area contributed by atoms with Crippen molar-refractivity contribution in [3.8, 4) is 0 Å². The zero-order valence-electron chi connectivity index (χ0n) is 8.79. The number of likely N-dealkylation sites (N-methyl/N-ethyl adjacent to an activating group) is 1. The first-order valence-electron chi connectivity index (χ1n) is 4.78. The van der Waals surface area contributed by atoms with E-state index in [-0.39, 0.29) is 16.9 Å². The van der Waals surface area contributed by atoms with Gasteiger partial charge in [0.2, 0.25) is 0 Å². The molecular weight excluding hydrogens is 220 g/mol. The molecule has 2 unspecified atom stereocenters. The smallest absolute Gasteiger partial charge is 0.228 e. The van der Waals surface area contributed by atoms with Gasteiger partial charge >= 0.3 is 5.91 Å². The summed E-state index contributed by atoms with van der Waals surface area (Å²) < 4.78 is 1.54. The SMILES string of the molecule is CCC(C)C[N+]1(C)C(=O)CN(Cl)C1=S. The molecule has 0 saturated carbocycles. The molecule has 0 aromatic carbocycles. The van der Waals surface area contributed by atoms with Gasteiger partial charge in [-0.25, -0.2) is 13.7 Å². The van der Waals surface area contributed by atoms with Crippen molar-refractivity contribution in [1.29, 1.82) is 0 Å². The van der Waals surface area contributed by atoms with Gasteiger partial charge in [0, 0.05) is 29.9 Å². The summed E-state index contributed by atoms with van der Waals surface area (Å²) in [7, 11) is 1.85. The minimum atomic E-state index is 0.0882. The summed E-state index contributed by atoms with van der Waals surface area (Å²) in [6.45, 7) is 5.21. The molecule has 5 heteroatoms. The van der Waals surface area contributed by atoms with Crippen molar-refractivity contribution in [1.82, 2.24) is 4.42 Å². The third kappa shape index (κ3) is 1.92. The minimum absolute atomic E-state index is 0.0882. The van der Waals surface area contributed by atoms with Gasteiger partial charge in [0.25, 0.3) is 5.11 Å². The van der Waals surface area contributed by atoms with Crippen molar-refractivity contribution >= 4 is 35.0 Å². The number of nitrogens with zero attached hydrogens (tertiary/aromatic N) is 2. The summed E-state index contributed by atoms with van der Waals surface area (Å²) in [5, 5.41) is 0.525. The lowest BCUT2D eigenvalue weighted by Crippen LogP contribution is -2.51. The first kappa shape index (κ1) is 11.9. The van der Waals surface area contributed by atoms with Crippen molar-refractivity contribution in [2.45, 2.75) is 20.3 Å². The number of carbonyl (C=O) groups excluding carboxylic acids is 1. The summed E-state index contributed by atoms with van der Waals surface area (Å²) in [5.74, 6) is 0.565. The molecule has 1 rings (SSSR count). The van der Waals surface area contributed by atoms with Gasteiger partial charge in [0.15, 0.2) is 6.54 Å².